The highest BCUT2D eigenvalue weighted by molar-refractivity contribution is 6.36. The lowest BCUT2D eigenvalue weighted by Crippen LogP contribution is -2.26. The van der Waals surface area contributed by atoms with Crippen molar-refractivity contribution in [1.29, 1.82) is 0 Å². The van der Waals surface area contributed by atoms with Crippen molar-refractivity contribution in [3.63, 3.8) is 0 Å². The molecular formula is C17H14Cl2N2O2. The highest BCUT2D eigenvalue weighted by Gasteiger charge is 2.26. The van der Waals surface area contributed by atoms with Gasteiger partial charge in [0.25, 0.3) is 0 Å². The van der Waals surface area contributed by atoms with Crippen LogP contribution in [0, 0.1) is 0 Å². The van der Waals surface area contributed by atoms with Gasteiger partial charge in [-0.2, -0.15) is 0 Å². The molecule has 0 saturated carbocycles. The van der Waals surface area contributed by atoms with Gasteiger partial charge in [-0.25, -0.2) is 4.99 Å². The number of nitrogens with zero attached hydrogens (tertiary/aromatic N) is 2. The van der Waals surface area contributed by atoms with Crippen LogP contribution < -0.4 is 4.42 Å². The molecule has 0 saturated heterocycles. The number of fused-ring (bicyclic) bond motifs is 1. The Morgan fingerprint density at radius 1 is 1.17 bits per heavy atom. The molecule has 0 amide bonds. The number of rotatable bonds is 2. The summed E-state index contributed by atoms with van der Waals surface area (Å²) in [5, 5.41) is 0.575. The van der Waals surface area contributed by atoms with Gasteiger partial charge < -0.3 is 4.74 Å². The number of hydrogen-bond donors (Lipinski definition) is 0. The molecule has 23 heavy (non-hydrogen) atoms. The van der Waals surface area contributed by atoms with E-state index in [-0.39, 0.29) is 6.54 Å². The van der Waals surface area contributed by atoms with E-state index in [1.165, 1.54) is 11.3 Å². The van der Waals surface area contributed by atoms with Crippen LogP contribution in [-0.4, -0.2) is 24.5 Å². The molecule has 1 aliphatic rings. The van der Waals surface area contributed by atoms with Gasteiger partial charge in [0.2, 0.25) is 6.23 Å². The molecule has 2 aromatic carbocycles. The third kappa shape index (κ3) is 3.33. The maximum absolute atomic E-state index is 11.3. The molecule has 3 rings (SSSR count). The first-order valence-electron chi connectivity index (χ1n) is 7.09. The number of benzodiazepines with no additional fused rings is 1. The van der Waals surface area contributed by atoms with Gasteiger partial charge in [0, 0.05) is 34.8 Å². The van der Waals surface area contributed by atoms with Crippen molar-refractivity contribution < 1.29 is 9.53 Å². The van der Waals surface area contributed by atoms with Crippen molar-refractivity contribution in [3.05, 3.63) is 64.7 Å². The number of esters is 1. The minimum atomic E-state index is -0.705. The maximum atomic E-state index is 11.3. The summed E-state index contributed by atoms with van der Waals surface area (Å²) in [5.41, 5.74) is 3.05. The molecule has 4 nitrogen and oxygen atoms in total. The first-order valence-corrected chi connectivity index (χ1v) is 7.80. The summed E-state index contributed by atoms with van der Waals surface area (Å²) in [4.78, 5) is 15.9. The first-order chi connectivity index (χ1) is 11.1. The Hall–Kier alpha value is -2.04. The lowest BCUT2D eigenvalue weighted by molar-refractivity contribution is -0.145. The molecule has 0 bridgehead atoms. The zero-order chi connectivity index (χ0) is 16.4. The number of hydrogen-bond acceptors (Lipinski definition) is 4. The van der Waals surface area contributed by atoms with Gasteiger partial charge in [-0.05, 0) is 12.1 Å². The van der Waals surface area contributed by atoms with Crippen molar-refractivity contribution in [1.82, 2.24) is 0 Å². The van der Waals surface area contributed by atoms with Crippen LogP contribution in [-0.2, 0) is 9.53 Å². The average Bonchev–Trinajstić information content (AvgIpc) is 2.65. The molecule has 1 aliphatic heterocycles. The van der Waals surface area contributed by atoms with E-state index in [4.69, 9.17) is 28.1 Å². The van der Waals surface area contributed by atoms with Crippen molar-refractivity contribution >= 4 is 40.7 Å². The lowest BCUT2D eigenvalue weighted by Gasteiger charge is -2.18. The molecule has 0 aromatic heterocycles. The highest BCUT2D eigenvalue weighted by Crippen LogP contribution is 2.31. The lowest BCUT2D eigenvalue weighted by atomic mass is 10.0. The SMILES string of the molecule is CC(=O)OC1CN(Cl)c2ccccc2C(c2ccccc2Cl)=N1. The summed E-state index contributed by atoms with van der Waals surface area (Å²) < 4.78 is 6.78. The summed E-state index contributed by atoms with van der Waals surface area (Å²) in [6, 6.07) is 15.0. The number of para-hydroxylation sites is 1. The standard InChI is InChI=1S/C17H14Cl2N2O2/c1-11(22)23-16-10-21(19)15-9-5-3-7-13(15)17(20-16)12-6-2-4-8-14(12)18/h2-9,16H,10H2,1H3. The number of benzene rings is 2. The monoisotopic (exact) mass is 348 g/mol. The first kappa shape index (κ1) is 15.8. The summed E-state index contributed by atoms with van der Waals surface area (Å²) in [5.74, 6) is -0.409. The van der Waals surface area contributed by atoms with E-state index in [1.54, 1.807) is 6.07 Å². The predicted molar refractivity (Wildman–Crippen MR) is 92.3 cm³/mol. The minimum absolute atomic E-state index is 0.256. The van der Waals surface area contributed by atoms with E-state index >= 15 is 0 Å². The van der Waals surface area contributed by atoms with Crippen LogP contribution >= 0.6 is 23.4 Å². The van der Waals surface area contributed by atoms with E-state index in [0.29, 0.717) is 10.7 Å². The van der Waals surface area contributed by atoms with Gasteiger partial charge in [-0.15, -0.1) is 0 Å². The Balaban J connectivity index is 2.17. The molecule has 0 N–H and O–H groups in total. The number of carbonyl (C=O) groups excluding carboxylic acids is 1. The second kappa shape index (κ2) is 6.60. The normalized spacial score (nSPS) is 17.1. The van der Waals surface area contributed by atoms with E-state index in [2.05, 4.69) is 4.99 Å². The third-order valence-electron chi connectivity index (χ3n) is 3.44. The quantitative estimate of drug-likeness (QED) is 0.607. The van der Waals surface area contributed by atoms with Crippen LogP contribution in [0.15, 0.2) is 53.5 Å². The Kier molecular flexibility index (Phi) is 4.55. The van der Waals surface area contributed by atoms with E-state index in [0.717, 1.165) is 16.8 Å². The summed E-state index contributed by atoms with van der Waals surface area (Å²) >= 11 is 12.7. The smallest absolute Gasteiger partial charge is 0.304 e. The van der Waals surface area contributed by atoms with Gasteiger partial charge >= 0.3 is 5.97 Å². The fraction of sp³-hybridized carbons (Fsp3) is 0.176. The molecule has 0 aliphatic carbocycles. The van der Waals surface area contributed by atoms with Crippen molar-refractivity contribution in [2.75, 3.05) is 11.0 Å². The maximum Gasteiger partial charge on any atom is 0.304 e. The Bertz CT molecular complexity index is 777. The van der Waals surface area contributed by atoms with Gasteiger partial charge in [0.1, 0.15) is 0 Å². The van der Waals surface area contributed by atoms with Crippen LogP contribution in [0.3, 0.4) is 0 Å². The fourth-order valence-electron chi connectivity index (χ4n) is 2.50. The van der Waals surface area contributed by atoms with Crippen molar-refractivity contribution in [2.45, 2.75) is 13.2 Å². The number of carbonyl (C=O) groups is 1. The zero-order valence-electron chi connectivity index (χ0n) is 12.4. The van der Waals surface area contributed by atoms with Crippen molar-refractivity contribution in [3.8, 4) is 0 Å². The minimum Gasteiger partial charge on any atom is -0.438 e. The number of ether oxygens (including phenoxy) is 1. The second-order valence-corrected chi connectivity index (χ2v) is 5.90. The number of halogens is 2. The van der Waals surface area contributed by atoms with E-state index in [9.17, 15) is 4.79 Å². The molecular weight excluding hydrogens is 335 g/mol. The van der Waals surface area contributed by atoms with Gasteiger partial charge in [-0.3, -0.25) is 9.21 Å². The van der Waals surface area contributed by atoms with Gasteiger partial charge in [0.15, 0.2) is 0 Å². The molecule has 118 valence electrons. The molecule has 0 spiro atoms. The fourth-order valence-corrected chi connectivity index (χ4v) is 2.99. The third-order valence-corrected chi connectivity index (χ3v) is 4.09. The van der Waals surface area contributed by atoms with Crippen LogP contribution in [0.4, 0.5) is 5.69 Å². The zero-order valence-corrected chi connectivity index (χ0v) is 13.9. The topological polar surface area (TPSA) is 41.9 Å². The molecule has 0 fully saturated rings. The molecule has 2 aromatic rings. The van der Waals surface area contributed by atoms with Crippen LogP contribution in [0.5, 0.6) is 0 Å². The molecule has 1 atom stereocenters. The molecule has 6 heteroatoms. The van der Waals surface area contributed by atoms with Crippen molar-refractivity contribution in [2.24, 2.45) is 4.99 Å². The van der Waals surface area contributed by atoms with Crippen LogP contribution in [0.1, 0.15) is 18.1 Å². The second-order valence-electron chi connectivity index (χ2n) is 5.08. The van der Waals surface area contributed by atoms with E-state index in [1.807, 2.05) is 42.5 Å². The van der Waals surface area contributed by atoms with Gasteiger partial charge in [0.05, 0.1) is 17.9 Å². The predicted octanol–water partition coefficient (Wildman–Crippen LogP) is 4.04. The summed E-state index contributed by atoms with van der Waals surface area (Å²) in [6.45, 7) is 1.60. The Labute approximate surface area is 144 Å². The highest BCUT2D eigenvalue weighted by atomic mass is 35.5. The van der Waals surface area contributed by atoms with Crippen LogP contribution in [0.2, 0.25) is 5.02 Å². The molecule has 1 unspecified atom stereocenters. The average molecular weight is 349 g/mol. The Morgan fingerprint density at radius 3 is 2.52 bits per heavy atom. The molecule has 0 radical (unpaired) electrons. The van der Waals surface area contributed by atoms with Gasteiger partial charge in [-0.1, -0.05) is 48.0 Å². The Morgan fingerprint density at radius 2 is 1.83 bits per heavy atom. The number of anilines is 1. The largest absolute Gasteiger partial charge is 0.438 e. The summed E-state index contributed by atoms with van der Waals surface area (Å²) in [7, 11) is 0. The number of aliphatic imine (C=N–C) groups is 1. The van der Waals surface area contributed by atoms with E-state index < -0.39 is 12.2 Å². The van der Waals surface area contributed by atoms with Crippen LogP contribution in [0.25, 0.3) is 0 Å². The summed E-state index contributed by atoms with van der Waals surface area (Å²) in [6.07, 6.45) is -0.705. The molecule has 1 heterocycles.